The molecular formula is C10H18N2O5S. The number of hydrogen-bond donors (Lipinski definition) is 3. The van der Waals surface area contributed by atoms with Crippen LogP contribution in [0.15, 0.2) is 4.99 Å². The van der Waals surface area contributed by atoms with Gasteiger partial charge in [-0.1, -0.05) is 11.8 Å². The van der Waals surface area contributed by atoms with Gasteiger partial charge >= 0.3 is 0 Å². The fraction of sp³-hybridized carbons (Fsp3) is 0.900. The van der Waals surface area contributed by atoms with Gasteiger partial charge in [0, 0.05) is 13.7 Å². The van der Waals surface area contributed by atoms with Gasteiger partial charge in [0.25, 0.3) is 0 Å². The van der Waals surface area contributed by atoms with E-state index in [0.29, 0.717) is 5.17 Å². The molecule has 2 rings (SSSR count). The number of fused-ring (bicyclic) bond motifs is 1. The normalized spacial score (nSPS) is 39.4. The second-order valence-corrected chi connectivity index (χ2v) is 5.30. The number of rotatable bonds is 3. The smallest absolute Gasteiger partial charge is 0.186 e. The van der Waals surface area contributed by atoms with Crippen molar-refractivity contribution in [2.75, 3.05) is 20.8 Å². The number of hydroxylamine groups is 2. The van der Waals surface area contributed by atoms with E-state index < -0.39 is 24.4 Å². The Morgan fingerprint density at radius 2 is 2.17 bits per heavy atom. The SMILES string of the molecule is CON(C)C1=N[C@@H]2[C@@H](O)[C@H](O)[C@@H](CCO)O[C@@H]2S1. The van der Waals surface area contributed by atoms with E-state index in [9.17, 15) is 10.2 Å². The van der Waals surface area contributed by atoms with Gasteiger partial charge in [0.2, 0.25) is 0 Å². The number of aliphatic imine (C=N–C) groups is 1. The fourth-order valence-electron chi connectivity index (χ4n) is 2.01. The molecule has 8 heteroatoms. The molecule has 0 aromatic heterocycles. The lowest BCUT2D eigenvalue weighted by molar-refractivity contribution is -0.157. The van der Waals surface area contributed by atoms with E-state index >= 15 is 0 Å². The lowest BCUT2D eigenvalue weighted by Gasteiger charge is -2.38. The highest BCUT2D eigenvalue weighted by atomic mass is 32.2. The van der Waals surface area contributed by atoms with E-state index in [1.54, 1.807) is 7.05 Å². The number of amidine groups is 1. The van der Waals surface area contributed by atoms with Crippen LogP contribution in [-0.4, -0.2) is 76.1 Å². The van der Waals surface area contributed by atoms with Crippen LogP contribution in [0.25, 0.3) is 0 Å². The van der Waals surface area contributed by atoms with Gasteiger partial charge in [0.05, 0.1) is 13.2 Å². The summed E-state index contributed by atoms with van der Waals surface area (Å²) in [5.41, 5.74) is -0.354. The van der Waals surface area contributed by atoms with Gasteiger partial charge in [-0.3, -0.25) is 9.83 Å². The molecule has 104 valence electrons. The zero-order valence-corrected chi connectivity index (χ0v) is 11.1. The molecular weight excluding hydrogens is 260 g/mol. The van der Waals surface area contributed by atoms with Crippen molar-refractivity contribution >= 4 is 16.9 Å². The number of ether oxygens (including phenoxy) is 1. The maximum atomic E-state index is 10.0. The number of aliphatic hydroxyl groups excluding tert-OH is 3. The Morgan fingerprint density at radius 1 is 1.44 bits per heavy atom. The molecule has 1 fully saturated rings. The van der Waals surface area contributed by atoms with Gasteiger partial charge in [-0.05, 0) is 6.42 Å². The molecule has 1 saturated heterocycles. The molecule has 7 nitrogen and oxygen atoms in total. The van der Waals surface area contributed by atoms with Crippen LogP contribution in [0.3, 0.4) is 0 Å². The highest BCUT2D eigenvalue weighted by Crippen LogP contribution is 2.37. The Morgan fingerprint density at radius 3 is 2.78 bits per heavy atom. The summed E-state index contributed by atoms with van der Waals surface area (Å²) in [7, 11) is 3.23. The van der Waals surface area contributed by atoms with Gasteiger partial charge < -0.3 is 20.1 Å². The summed E-state index contributed by atoms with van der Waals surface area (Å²) < 4.78 is 5.65. The van der Waals surface area contributed by atoms with Crippen LogP contribution in [0.2, 0.25) is 0 Å². The summed E-state index contributed by atoms with van der Waals surface area (Å²) in [5, 5.41) is 30.9. The standard InChI is InChI=1S/C10H18N2O5S/c1-12(16-2)10-11-6-8(15)7(14)5(3-4-13)17-9(6)18-10/h5-9,13-15H,3-4H2,1-2H3/t5-,6-,7-,8-,9-/m1/s1. The molecule has 0 saturated carbocycles. The van der Waals surface area contributed by atoms with Crippen molar-refractivity contribution in [2.45, 2.75) is 36.2 Å². The van der Waals surface area contributed by atoms with E-state index in [4.69, 9.17) is 14.7 Å². The minimum Gasteiger partial charge on any atom is -0.396 e. The van der Waals surface area contributed by atoms with Crippen molar-refractivity contribution in [1.82, 2.24) is 5.06 Å². The summed E-state index contributed by atoms with van der Waals surface area (Å²) in [4.78, 5) is 9.31. The van der Waals surface area contributed by atoms with Crippen LogP contribution in [0, 0.1) is 0 Å². The molecule has 0 spiro atoms. The number of aliphatic hydroxyl groups is 3. The summed E-state index contributed by atoms with van der Waals surface area (Å²) in [6.07, 6.45) is -2.30. The Bertz CT molecular complexity index is 329. The third-order valence-electron chi connectivity index (χ3n) is 3.11. The molecule has 0 aromatic carbocycles. The molecule has 0 aliphatic carbocycles. The van der Waals surface area contributed by atoms with Gasteiger partial charge in [-0.25, -0.2) is 5.06 Å². The first-order valence-corrected chi connectivity index (χ1v) is 6.61. The molecule has 0 unspecified atom stereocenters. The maximum absolute atomic E-state index is 10.0. The van der Waals surface area contributed by atoms with Gasteiger partial charge in [0.15, 0.2) is 5.17 Å². The first-order valence-electron chi connectivity index (χ1n) is 5.73. The Hall–Kier alpha value is -0.380. The van der Waals surface area contributed by atoms with Crippen LogP contribution >= 0.6 is 11.8 Å². The van der Waals surface area contributed by atoms with Crippen LogP contribution in [0.5, 0.6) is 0 Å². The third kappa shape index (κ3) is 2.49. The minimum absolute atomic E-state index is 0.0951. The molecule has 0 bridgehead atoms. The monoisotopic (exact) mass is 278 g/mol. The zero-order chi connectivity index (χ0) is 13.3. The number of nitrogens with zero attached hydrogens (tertiary/aromatic N) is 2. The summed E-state index contributed by atoms with van der Waals surface area (Å²) >= 11 is 1.34. The number of thioether (sulfide) groups is 1. The highest BCUT2D eigenvalue weighted by Gasteiger charge is 2.48. The number of hydrogen-bond acceptors (Lipinski definition) is 8. The fourth-order valence-corrected chi connectivity index (χ4v) is 3.19. The molecule has 18 heavy (non-hydrogen) atoms. The van der Waals surface area contributed by atoms with Crippen molar-refractivity contribution in [3.05, 3.63) is 0 Å². The van der Waals surface area contributed by atoms with Crippen molar-refractivity contribution in [2.24, 2.45) is 4.99 Å². The van der Waals surface area contributed by atoms with E-state index in [2.05, 4.69) is 4.99 Å². The van der Waals surface area contributed by atoms with E-state index in [1.165, 1.54) is 23.9 Å². The third-order valence-corrected chi connectivity index (χ3v) is 4.30. The van der Waals surface area contributed by atoms with E-state index in [1.807, 2.05) is 0 Å². The predicted octanol–water partition coefficient (Wildman–Crippen LogP) is -1.22. The van der Waals surface area contributed by atoms with Gasteiger partial charge in [-0.15, -0.1) is 0 Å². The molecule has 2 heterocycles. The van der Waals surface area contributed by atoms with Crippen LogP contribution in [0.1, 0.15) is 6.42 Å². The topological polar surface area (TPSA) is 94.8 Å². The Balaban J connectivity index is 2.08. The van der Waals surface area contributed by atoms with Crippen molar-refractivity contribution < 1.29 is 24.9 Å². The molecule has 3 N–H and O–H groups in total. The lowest BCUT2D eigenvalue weighted by Crippen LogP contribution is -2.54. The first-order chi connectivity index (χ1) is 8.58. The summed E-state index contributed by atoms with van der Waals surface area (Å²) in [6, 6.07) is -0.507. The Labute approximate surface area is 109 Å². The quantitative estimate of drug-likeness (QED) is 0.557. The predicted molar refractivity (Wildman–Crippen MR) is 66.0 cm³/mol. The van der Waals surface area contributed by atoms with Gasteiger partial charge in [0.1, 0.15) is 23.7 Å². The average Bonchev–Trinajstić information content (AvgIpc) is 2.79. The van der Waals surface area contributed by atoms with E-state index in [0.717, 1.165) is 0 Å². The van der Waals surface area contributed by atoms with Gasteiger partial charge in [-0.2, -0.15) is 0 Å². The molecule has 5 atom stereocenters. The maximum Gasteiger partial charge on any atom is 0.186 e. The second kappa shape index (κ2) is 5.72. The van der Waals surface area contributed by atoms with Crippen LogP contribution < -0.4 is 0 Å². The zero-order valence-electron chi connectivity index (χ0n) is 10.3. The summed E-state index contributed by atoms with van der Waals surface area (Å²) in [5.74, 6) is 0. The molecule has 2 aliphatic heterocycles. The van der Waals surface area contributed by atoms with Crippen LogP contribution in [0.4, 0.5) is 0 Å². The summed E-state index contributed by atoms with van der Waals surface area (Å²) in [6.45, 7) is -0.0951. The van der Waals surface area contributed by atoms with E-state index in [-0.39, 0.29) is 18.5 Å². The van der Waals surface area contributed by atoms with Crippen molar-refractivity contribution in [3.8, 4) is 0 Å². The van der Waals surface area contributed by atoms with Crippen LogP contribution in [-0.2, 0) is 9.57 Å². The van der Waals surface area contributed by atoms with Crippen molar-refractivity contribution in [3.63, 3.8) is 0 Å². The first kappa shape index (κ1) is 14.0. The largest absolute Gasteiger partial charge is 0.396 e. The molecule has 2 aliphatic rings. The molecule has 0 aromatic rings. The highest BCUT2D eigenvalue weighted by molar-refractivity contribution is 8.14. The Kier molecular flexibility index (Phi) is 4.46. The second-order valence-electron chi connectivity index (χ2n) is 4.24. The van der Waals surface area contributed by atoms with Crippen molar-refractivity contribution in [1.29, 1.82) is 0 Å². The average molecular weight is 278 g/mol. The lowest BCUT2D eigenvalue weighted by atomic mass is 9.96. The molecule has 0 amide bonds. The molecule has 0 radical (unpaired) electrons. The minimum atomic E-state index is -1.03.